The zero-order valence-electron chi connectivity index (χ0n) is 14.8. The lowest BCUT2D eigenvalue weighted by Crippen LogP contribution is -2.48. The summed E-state index contributed by atoms with van der Waals surface area (Å²) < 4.78 is 11.8. The first-order valence-corrected chi connectivity index (χ1v) is 8.85. The van der Waals surface area contributed by atoms with Gasteiger partial charge < -0.3 is 9.47 Å². The van der Waals surface area contributed by atoms with Crippen LogP contribution in [0.25, 0.3) is 0 Å². The van der Waals surface area contributed by atoms with Crippen molar-refractivity contribution in [1.29, 1.82) is 0 Å². The number of benzene rings is 2. The highest BCUT2D eigenvalue weighted by atomic mass is 79.9. The van der Waals surface area contributed by atoms with E-state index >= 15 is 0 Å². The van der Waals surface area contributed by atoms with Crippen LogP contribution in [0.2, 0.25) is 0 Å². The van der Waals surface area contributed by atoms with Gasteiger partial charge in [-0.05, 0) is 68.3 Å². The van der Waals surface area contributed by atoms with E-state index < -0.39 is 17.9 Å². The highest BCUT2D eigenvalue weighted by Gasteiger charge is 2.15. The number of nitrogens with one attached hydrogen (secondary N) is 2. The molecule has 2 rings (SSSR count). The molecule has 0 aliphatic carbocycles. The van der Waals surface area contributed by atoms with Crippen LogP contribution < -0.4 is 20.3 Å². The van der Waals surface area contributed by atoms with Crippen LogP contribution >= 0.6 is 15.9 Å². The van der Waals surface area contributed by atoms with Crippen molar-refractivity contribution < 1.29 is 19.1 Å². The van der Waals surface area contributed by atoms with Crippen LogP contribution in [0.1, 0.15) is 18.1 Å². The average Bonchev–Trinajstić information content (AvgIpc) is 2.62. The van der Waals surface area contributed by atoms with Gasteiger partial charge in [-0.15, -0.1) is 0 Å². The van der Waals surface area contributed by atoms with Gasteiger partial charge in [-0.2, -0.15) is 0 Å². The molecule has 0 aliphatic rings. The number of halogens is 1. The van der Waals surface area contributed by atoms with Gasteiger partial charge in [0.1, 0.15) is 11.5 Å². The minimum atomic E-state index is -0.767. The molecule has 0 fully saturated rings. The number of amides is 2. The van der Waals surface area contributed by atoms with Gasteiger partial charge in [-0.3, -0.25) is 20.4 Å². The molecule has 0 radical (unpaired) electrons. The van der Waals surface area contributed by atoms with E-state index in [9.17, 15) is 9.59 Å². The second-order valence-corrected chi connectivity index (χ2v) is 6.70. The van der Waals surface area contributed by atoms with Crippen molar-refractivity contribution in [2.24, 2.45) is 0 Å². The molecule has 1 unspecified atom stereocenters. The summed E-state index contributed by atoms with van der Waals surface area (Å²) in [5.74, 6) is 0.224. The molecule has 0 aromatic heterocycles. The molecule has 26 heavy (non-hydrogen) atoms. The Kier molecular flexibility index (Phi) is 7.03. The number of hydrogen-bond acceptors (Lipinski definition) is 4. The maximum Gasteiger partial charge on any atom is 0.279 e. The van der Waals surface area contributed by atoms with Gasteiger partial charge in [0.05, 0.1) is 0 Å². The van der Waals surface area contributed by atoms with Crippen molar-refractivity contribution in [2.45, 2.75) is 26.9 Å². The zero-order valence-corrected chi connectivity index (χ0v) is 16.4. The van der Waals surface area contributed by atoms with E-state index in [2.05, 4.69) is 26.8 Å². The molecule has 2 N–H and O–H groups in total. The van der Waals surface area contributed by atoms with E-state index in [-0.39, 0.29) is 6.61 Å². The Morgan fingerprint density at radius 1 is 1.00 bits per heavy atom. The third-order valence-corrected chi connectivity index (χ3v) is 4.20. The first-order valence-electron chi connectivity index (χ1n) is 8.06. The van der Waals surface area contributed by atoms with Gasteiger partial charge in [0.15, 0.2) is 12.7 Å². The summed E-state index contributed by atoms with van der Waals surface area (Å²) >= 11 is 3.33. The molecule has 7 heteroatoms. The molecule has 0 spiro atoms. The average molecular weight is 421 g/mol. The molecule has 2 aromatic carbocycles. The Morgan fingerprint density at radius 3 is 2.31 bits per heavy atom. The van der Waals surface area contributed by atoms with E-state index in [1.165, 1.54) is 0 Å². The third-order valence-electron chi connectivity index (χ3n) is 3.67. The van der Waals surface area contributed by atoms with Crippen LogP contribution in [0.15, 0.2) is 46.9 Å². The fourth-order valence-corrected chi connectivity index (χ4v) is 2.26. The van der Waals surface area contributed by atoms with Crippen molar-refractivity contribution in [3.05, 3.63) is 58.1 Å². The van der Waals surface area contributed by atoms with Gasteiger partial charge in [-0.1, -0.05) is 22.0 Å². The van der Waals surface area contributed by atoms with Crippen LogP contribution in [0, 0.1) is 13.8 Å². The standard InChI is InChI=1S/C19H21BrN2O4/c1-12-4-7-17(10-13(12)2)25-11-18(23)21-22-19(24)14(3)26-16-8-5-15(20)6-9-16/h4-10,14H,11H2,1-3H3,(H,21,23)(H,22,24). The molecule has 0 bridgehead atoms. The van der Waals surface area contributed by atoms with Crippen molar-refractivity contribution in [2.75, 3.05) is 6.61 Å². The Bertz CT molecular complexity index is 778. The molecule has 1 atom stereocenters. The van der Waals surface area contributed by atoms with Crippen LogP contribution in [0.3, 0.4) is 0 Å². The molecule has 6 nitrogen and oxygen atoms in total. The Labute approximate surface area is 161 Å². The normalized spacial score (nSPS) is 11.4. The van der Waals surface area contributed by atoms with Crippen molar-refractivity contribution >= 4 is 27.7 Å². The van der Waals surface area contributed by atoms with Gasteiger partial charge in [-0.25, -0.2) is 0 Å². The zero-order chi connectivity index (χ0) is 19.1. The van der Waals surface area contributed by atoms with Crippen molar-refractivity contribution in [1.82, 2.24) is 10.9 Å². The second kappa shape index (κ2) is 9.24. The Balaban J connectivity index is 1.74. The van der Waals surface area contributed by atoms with Crippen LogP contribution in [0.5, 0.6) is 11.5 Å². The predicted octanol–water partition coefficient (Wildman–Crippen LogP) is 3.06. The fourth-order valence-electron chi connectivity index (χ4n) is 1.99. The number of carbonyl (C=O) groups excluding carboxylic acids is 2. The number of aryl methyl sites for hydroxylation is 2. The smallest absolute Gasteiger partial charge is 0.279 e. The van der Waals surface area contributed by atoms with E-state index in [1.54, 1.807) is 25.1 Å². The van der Waals surface area contributed by atoms with E-state index in [0.29, 0.717) is 11.5 Å². The molecule has 138 valence electrons. The largest absolute Gasteiger partial charge is 0.484 e. The minimum Gasteiger partial charge on any atom is -0.484 e. The lowest BCUT2D eigenvalue weighted by atomic mass is 10.1. The van der Waals surface area contributed by atoms with Crippen LogP contribution in [0.4, 0.5) is 0 Å². The van der Waals surface area contributed by atoms with Gasteiger partial charge in [0, 0.05) is 4.47 Å². The van der Waals surface area contributed by atoms with Gasteiger partial charge >= 0.3 is 0 Å². The monoisotopic (exact) mass is 420 g/mol. The third kappa shape index (κ3) is 6.07. The van der Waals surface area contributed by atoms with E-state index in [4.69, 9.17) is 9.47 Å². The molecule has 2 amide bonds. The number of rotatable bonds is 6. The summed E-state index contributed by atoms with van der Waals surface area (Å²) in [7, 11) is 0. The highest BCUT2D eigenvalue weighted by molar-refractivity contribution is 9.10. The highest BCUT2D eigenvalue weighted by Crippen LogP contribution is 2.17. The molecular weight excluding hydrogens is 400 g/mol. The summed E-state index contributed by atoms with van der Waals surface area (Å²) in [5, 5.41) is 0. The van der Waals surface area contributed by atoms with Gasteiger partial charge in [0.2, 0.25) is 0 Å². The predicted molar refractivity (Wildman–Crippen MR) is 102 cm³/mol. The number of carbonyl (C=O) groups is 2. The fraction of sp³-hybridized carbons (Fsp3) is 0.263. The van der Waals surface area contributed by atoms with Gasteiger partial charge in [0.25, 0.3) is 11.8 Å². The summed E-state index contributed by atoms with van der Waals surface area (Å²) in [6, 6.07) is 12.7. The SMILES string of the molecule is Cc1ccc(OCC(=O)NNC(=O)C(C)Oc2ccc(Br)cc2)cc1C. The number of hydrazine groups is 1. The topological polar surface area (TPSA) is 76.7 Å². The molecule has 0 heterocycles. The summed E-state index contributed by atoms with van der Waals surface area (Å²) in [5.41, 5.74) is 6.85. The lowest BCUT2D eigenvalue weighted by Gasteiger charge is -2.15. The number of hydrogen-bond donors (Lipinski definition) is 2. The molecule has 2 aromatic rings. The lowest BCUT2D eigenvalue weighted by molar-refractivity contribution is -0.133. The first kappa shape index (κ1) is 19.8. The summed E-state index contributed by atoms with van der Waals surface area (Å²) in [4.78, 5) is 23.8. The second-order valence-electron chi connectivity index (χ2n) is 5.79. The Morgan fingerprint density at radius 2 is 1.65 bits per heavy atom. The van der Waals surface area contributed by atoms with E-state index in [1.807, 2.05) is 38.1 Å². The maximum atomic E-state index is 12.0. The molecular formula is C19H21BrN2O4. The van der Waals surface area contributed by atoms with Crippen LogP contribution in [-0.4, -0.2) is 24.5 Å². The summed E-state index contributed by atoms with van der Waals surface area (Å²) in [6.45, 7) is 5.36. The summed E-state index contributed by atoms with van der Waals surface area (Å²) in [6.07, 6.45) is -0.767. The van der Waals surface area contributed by atoms with E-state index in [0.717, 1.165) is 15.6 Å². The molecule has 0 saturated carbocycles. The minimum absolute atomic E-state index is 0.204. The quantitative estimate of drug-likeness (QED) is 0.703. The maximum absolute atomic E-state index is 12.0. The van der Waals surface area contributed by atoms with Crippen LogP contribution in [-0.2, 0) is 9.59 Å². The van der Waals surface area contributed by atoms with Crippen molar-refractivity contribution in [3.8, 4) is 11.5 Å². The molecule has 0 saturated heterocycles. The molecule has 0 aliphatic heterocycles. The first-order chi connectivity index (χ1) is 12.3. The van der Waals surface area contributed by atoms with Crippen molar-refractivity contribution in [3.63, 3.8) is 0 Å². The number of ether oxygens (including phenoxy) is 2. The Hall–Kier alpha value is -2.54.